The van der Waals surface area contributed by atoms with Crippen molar-refractivity contribution < 1.29 is 14.6 Å². The van der Waals surface area contributed by atoms with Crippen LogP contribution in [0.25, 0.3) is 0 Å². The lowest BCUT2D eigenvalue weighted by Crippen LogP contribution is -2.39. The number of rotatable bonds is 6. The van der Waals surface area contributed by atoms with Crippen LogP contribution in [0.15, 0.2) is 60.7 Å². The molecule has 132 valence electrons. The van der Waals surface area contributed by atoms with Crippen molar-refractivity contribution in [1.82, 2.24) is 0 Å². The highest BCUT2D eigenvalue weighted by Crippen LogP contribution is 2.22. The maximum absolute atomic E-state index is 12.1. The standard InChI is InChI=1S/C17H14N4O5/c22-16-10-9-15(18-11-1-5-13(6-2-11)20(23)24)17(16)19-12-3-7-14(8-4-12)21(25)26/h1-10,15,17-19H/t15-,17-/m1/s1. The van der Waals surface area contributed by atoms with Crippen molar-refractivity contribution in [2.75, 3.05) is 10.6 Å². The maximum atomic E-state index is 12.1. The summed E-state index contributed by atoms with van der Waals surface area (Å²) in [6.45, 7) is 0. The number of benzene rings is 2. The highest BCUT2D eigenvalue weighted by Gasteiger charge is 2.30. The van der Waals surface area contributed by atoms with Crippen LogP contribution in [-0.2, 0) is 4.79 Å². The Morgan fingerprint density at radius 1 is 0.769 bits per heavy atom. The van der Waals surface area contributed by atoms with Gasteiger partial charge in [0.25, 0.3) is 11.4 Å². The van der Waals surface area contributed by atoms with Gasteiger partial charge in [-0.05, 0) is 30.3 Å². The number of anilines is 2. The molecule has 0 unspecified atom stereocenters. The Morgan fingerprint density at radius 2 is 1.23 bits per heavy atom. The van der Waals surface area contributed by atoms with Crippen LogP contribution in [0.3, 0.4) is 0 Å². The molecule has 0 heterocycles. The van der Waals surface area contributed by atoms with Crippen LogP contribution in [0.2, 0.25) is 0 Å². The Morgan fingerprint density at radius 3 is 1.69 bits per heavy atom. The quantitative estimate of drug-likeness (QED) is 0.603. The van der Waals surface area contributed by atoms with Crippen LogP contribution < -0.4 is 10.6 Å². The van der Waals surface area contributed by atoms with Crippen molar-refractivity contribution in [2.45, 2.75) is 12.1 Å². The predicted molar refractivity (Wildman–Crippen MR) is 95.2 cm³/mol. The number of ketones is 1. The summed E-state index contributed by atoms with van der Waals surface area (Å²) in [4.78, 5) is 32.5. The fourth-order valence-electron chi connectivity index (χ4n) is 2.61. The summed E-state index contributed by atoms with van der Waals surface area (Å²) in [6.07, 6.45) is 3.15. The van der Waals surface area contributed by atoms with Gasteiger partial charge in [0.05, 0.1) is 15.9 Å². The molecule has 0 spiro atoms. The van der Waals surface area contributed by atoms with Crippen molar-refractivity contribution in [3.8, 4) is 0 Å². The Bertz CT molecular complexity index is 877. The molecule has 0 fully saturated rings. The first-order chi connectivity index (χ1) is 12.4. The average molecular weight is 354 g/mol. The third kappa shape index (κ3) is 3.66. The van der Waals surface area contributed by atoms with Crippen LogP contribution in [0, 0.1) is 20.2 Å². The summed E-state index contributed by atoms with van der Waals surface area (Å²) in [5.74, 6) is -0.136. The Balaban J connectivity index is 1.70. The summed E-state index contributed by atoms with van der Waals surface area (Å²) in [5, 5.41) is 27.6. The summed E-state index contributed by atoms with van der Waals surface area (Å²) >= 11 is 0. The topological polar surface area (TPSA) is 127 Å². The van der Waals surface area contributed by atoms with Gasteiger partial charge in [-0.3, -0.25) is 25.0 Å². The number of nitro benzene ring substituents is 2. The molecule has 1 aliphatic carbocycles. The van der Waals surface area contributed by atoms with Crippen molar-refractivity contribution >= 4 is 28.5 Å². The second-order valence-electron chi connectivity index (χ2n) is 5.66. The Kier molecular flexibility index (Phi) is 4.61. The highest BCUT2D eigenvalue weighted by molar-refractivity contribution is 6.00. The van der Waals surface area contributed by atoms with E-state index in [-0.39, 0.29) is 23.2 Å². The minimum Gasteiger partial charge on any atom is -0.376 e. The van der Waals surface area contributed by atoms with Gasteiger partial charge in [-0.25, -0.2) is 0 Å². The Hall–Kier alpha value is -3.75. The van der Waals surface area contributed by atoms with Crippen LogP contribution in [0.5, 0.6) is 0 Å². The fraction of sp³-hybridized carbons (Fsp3) is 0.118. The van der Waals surface area contributed by atoms with E-state index in [4.69, 9.17) is 0 Å². The number of hydrogen-bond acceptors (Lipinski definition) is 7. The van der Waals surface area contributed by atoms with Gasteiger partial charge in [-0.2, -0.15) is 0 Å². The van der Waals surface area contributed by atoms with Gasteiger partial charge in [-0.15, -0.1) is 0 Å². The molecule has 3 rings (SSSR count). The molecular weight excluding hydrogens is 340 g/mol. The number of hydrogen-bond donors (Lipinski definition) is 2. The first-order valence-electron chi connectivity index (χ1n) is 7.68. The number of carbonyl (C=O) groups is 1. The van der Waals surface area contributed by atoms with Gasteiger partial charge in [0.15, 0.2) is 5.78 Å². The van der Waals surface area contributed by atoms with E-state index >= 15 is 0 Å². The van der Waals surface area contributed by atoms with Crippen molar-refractivity contribution in [3.63, 3.8) is 0 Å². The molecule has 9 nitrogen and oxygen atoms in total. The van der Waals surface area contributed by atoms with Crippen LogP contribution in [-0.4, -0.2) is 27.7 Å². The fourth-order valence-corrected chi connectivity index (χ4v) is 2.61. The third-order valence-corrected chi connectivity index (χ3v) is 3.95. The third-order valence-electron chi connectivity index (χ3n) is 3.95. The molecular formula is C17H14N4O5. The zero-order valence-electron chi connectivity index (χ0n) is 13.4. The number of nitro groups is 2. The summed E-state index contributed by atoms with van der Waals surface area (Å²) in [5.41, 5.74) is 1.16. The second-order valence-corrected chi connectivity index (χ2v) is 5.66. The normalized spacial score (nSPS) is 18.5. The number of carbonyl (C=O) groups excluding carboxylic acids is 1. The first kappa shape index (κ1) is 17.1. The number of non-ortho nitro benzene ring substituents is 2. The summed E-state index contributed by atoms with van der Waals surface area (Å²) < 4.78 is 0. The van der Waals surface area contributed by atoms with E-state index in [1.807, 2.05) is 0 Å². The van der Waals surface area contributed by atoms with E-state index in [1.54, 1.807) is 18.2 Å². The van der Waals surface area contributed by atoms with Crippen LogP contribution >= 0.6 is 0 Å². The second kappa shape index (κ2) is 7.01. The smallest absolute Gasteiger partial charge is 0.269 e. The predicted octanol–water partition coefficient (Wildman–Crippen LogP) is 2.90. The van der Waals surface area contributed by atoms with Gasteiger partial charge in [-0.1, -0.05) is 6.08 Å². The SMILES string of the molecule is O=C1C=C[C@@H](Nc2ccc([N+](=O)[O-])cc2)[C@H]1Nc1ccc([N+](=O)[O-])cc1. The van der Waals surface area contributed by atoms with E-state index in [0.717, 1.165) is 0 Å². The lowest BCUT2D eigenvalue weighted by Gasteiger charge is -2.22. The lowest BCUT2D eigenvalue weighted by molar-refractivity contribution is -0.385. The molecule has 0 bridgehead atoms. The molecule has 2 aromatic rings. The van der Waals surface area contributed by atoms with Gasteiger partial charge in [0.1, 0.15) is 6.04 Å². The van der Waals surface area contributed by atoms with Crippen LogP contribution in [0.1, 0.15) is 0 Å². The molecule has 1 aliphatic rings. The molecule has 26 heavy (non-hydrogen) atoms. The molecule has 0 aliphatic heterocycles. The largest absolute Gasteiger partial charge is 0.376 e. The van der Waals surface area contributed by atoms with E-state index in [9.17, 15) is 25.0 Å². The molecule has 2 aromatic carbocycles. The number of nitrogens with zero attached hydrogens (tertiary/aromatic N) is 2. The summed E-state index contributed by atoms with van der Waals surface area (Å²) in [6, 6.07) is 10.7. The van der Waals surface area contributed by atoms with Gasteiger partial charge in [0.2, 0.25) is 0 Å². The van der Waals surface area contributed by atoms with Gasteiger partial charge < -0.3 is 10.6 Å². The molecule has 0 radical (unpaired) electrons. The average Bonchev–Trinajstić information content (AvgIpc) is 2.96. The van der Waals surface area contributed by atoms with Gasteiger partial charge in [0, 0.05) is 35.6 Å². The van der Waals surface area contributed by atoms with Crippen molar-refractivity contribution in [3.05, 3.63) is 80.9 Å². The minimum atomic E-state index is -0.591. The molecule has 0 saturated carbocycles. The minimum absolute atomic E-state index is 0.0193. The molecule has 2 atom stereocenters. The molecule has 0 aromatic heterocycles. The van der Waals surface area contributed by atoms with Crippen LogP contribution in [0.4, 0.5) is 22.7 Å². The van der Waals surface area contributed by atoms with E-state index in [2.05, 4.69) is 10.6 Å². The first-order valence-corrected chi connectivity index (χ1v) is 7.68. The highest BCUT2D eigenvalue weighted by atomic mass is 16.6. The molecule has 0 amide bonds. The molecule has 2 N–H and O–H groups in total. The van der Waals surface area contributed by atoms with E-state index < -0.39 is 15.9 Å². The van der Waals surface area contributed by atoms with Gasteiger partial charge >= 0.3 is 0 Å². The zero-order valence-corrected chi connectivity index (χ0v) is 13.4. The van der Waals surface area contributed by atoms with Crippen molar-refractivity contribution in [1.29, 1.82) is 0 Å². The van der Waals surface area contributed by atoms with E-state index in [0.29, 0.717) is 11.4 Å². The van der Waals surface area contributed by atoms with Crippen molar-refractivity contribution in [2.24, 2.45) is 0 Å². The van der Waals surface area contributed by atoms with E-state index in [1.165, 1.54) is 42.5 Å². The zero-order chi connectivity index (χ0) is 18.7. The summed E-state index contributed by atoms with van der Waals surface area (Å²) in [7, 11) is 0. The molecule has 0 saturated heterocycles. The Labute approximate surface area is 147 Å². The maximum Gasteiger partial charge on any atom is 0.269 e. The molecule has 9 heteroatoms. The monoisotopic (exact) mass is 354 g/mol. The lowest BCUT2D eigenvalue weighted by atomic mass is 10.1. The number of nitrogens with one attached hydrogen (secondary N) is 2.